The lowest BCUT2D eigenvalue weighted by molar-refractivity contribution is 0.0145. The molecule has 2 aliphatic carbocycles. The number of aliphatic hydroxyl groups is 2. The lowest BCUT2D eigenvalue weighted by Crippen LogP contribution is -2.37. The molecule has 0 aromatic rings. The summed E-state index contributed by atoms with van der Waals surface area (Å²) in [4.78, 5) is 0. The van der Waals surface area contributed by atoms with Crippen molar-refractivity contribution in [2.45, 2.75) is 90.8 Å². The summed E-state index contributed by atoms with van der Waals surface area (Å²) in [5, 5.41) is 20.1. The van der Waals surface area contributed by atoms with Gasteiger partial charge in [0.1, 0.15) is 0 Å². The van der Waals surface area contributed by atoms with Crippen LogP contribution in [-0.2, 0) is 0 Å². The van der Waals surface area contributed by atoms with Crippen LogP contribution in [-0.4, -0.2) is 21.9 Å². The van der Waals surface area contributed by atoms with Gasteiger partial charge in [-0.15, -0.1) is 0 Å². The Balaban J connectivity index is 2.05. The molecule has 2 N–H and O–H groups in total. The topological polar surface area (TPSA) is 40.5 Å². The fourth-order valence-electron chi connectivity index (χ4n) is 4.60. The zero-order valence-corrected chi connectivity index (χ0v) is 13.7. The molecule has 0 aromatic carbocycles. The van der Waals surface area contributed by atoms with Crippen LogP contribution in [0.5, 0.6) is 0 Å². The maximum Gasteiger partial charge on any atom is 0.0591 e. The van der Waals surface area contributed by atoms with Crippen molar-refractivity contribution in [1.82, 2.24) is 0 Å². The molecule has 116 valence electrons. The van der Waals surface area contributed by atoms with Crippen LogP contribution in [0.4, 0.5) is 0 Å². The number of rotatable bonds is 4. The van der Waals surface area contributed by atoms with E-state index < -0.39 is 5.60 Å². The number of hydrogen-bond donors (Lipinski definition) is 2. The van der Waals surface area contributed by atoms with Crippen LogP contribution >= 0.6 is 0 Å². The lowest BCUT2D eigenvalue weighted by Gasteiger charge is -2.41. The molecule has 0 radical (unpaired) electrons. The highest BCUT2D eigenvalue weighted by atomic mass is 16.3. The Kier molecular flexibility index (Phi) is 4.66. The molecule has 0 spiro atoms. The molecule has 3 atom stereocenters. The zero-order valence-electron chi connectivity index (χ0n) is 13.7. The molecular formula is C18H32O2. The van der Waals surface area contributed by atoms with Crippen molar-refractivity contribution in [2.24, 2.45) is 11.3 Å². The summed E-state index contributed by atoms with van der Waals surface area (Å²) >= 11 is 0. The van der Waals surface area contributed by atoms with Crippen LogP contribution in [0.3, 0.4) is 0 Å². The maximum absolute atomic E-state index is 10.3. The van der Waals surface area contributed by atoms with E-state index in [1.165, 1.54) is 18.4 Å². The normalized spacial score (nSPS) is 36.9. The van der Waals surface area contributed by atoms with Gasteiger partial charge in [-0.1, -0.05) is 18.1 Å². The van der Waals surface area contributed by atoms with Gasteiger partial charge in [0, 0.05) is 0 Å². The summed E-state index contributed by atoms with van der Waals surface area (Å²) in [6.07, 6.45) is 8.66. The Labute approximate surface area is 124 Å². The molecule has 0 saturated heterocycles. The number of allylic oxidation sites excluding steroid dienone is 2. The standard InChI is InChI=1S/C18H32O2/c1-13(7-5-11-17(2,3)20)14-9-10-15-16(19)8-6-12-18(14,15)4/h15-16,19-20H,5-12H2,1-4H3/b14-13+. The minimum absolute atomic E-state index is 0.0876. The molecule has 3 unspecified atom stereocenters. The van der Waals surface area contributed by atoms with Gasteiger partial charge in [0.15, 0.2) is 0 Å². The summed E-state index contributed by atoms with van der Waals surface area (Å²) in [7, 11) is 0. The number of hydrogen-bond acceptors (Lipinski definition) is 2. The maximum atomic E-state index is 10.3. The summed E-state index contributed by atoms with van der Waals surface area (Å²) in [5.74, 6) is 0.482. The molecule has 0 aromatic heterocycles. The molecule has 2 nitrogen and oxygen atoms in total. The van der Waals surface area contributed by atoms with Crippen LogP contribution in [0, 0.1) is 11.3 Å². The van der Waals surface area contributed by atoms with Gasteiger partial charge in [0.25, 0.3) is 0 Å². The Morgan fingerprint density at radius 2 is 2.05 bits per heavy atom. The van der Waals surface area contributed by atoms with Gasteiger partial charge in [-0.2, -0.15) is 0 Å². The molecule has 2 fully saturated rings. The van der Waals surface area contributed by atoms with Crippen molar-refractivity contribution in [2.75, 3.05) is 0 Å². The average Bonchev–Trinajstić information content (AvgIpc) is 2.66. The van der Waals surface area contributed by atoms with Crippen molar-refractivity contribution in [3.05, 3.63) is 11.1 Å². The molecule has 0 bridgehead atoms. The molecule has 2 saturated carbocycles. The van der Waals surface area contributed by atoms with Crippen molar-refractivity contribution in [3.8, 4) is 0 Å². The van der Waals surface area contributed by atoms with E-state index in [1.54, 1.807) is 5.57 Å². The first-order valence-corrected chi connectivity index (χ1v) is 8.33. The second-order valence-corrected chi connectivity index (χ2v) is 7.95. The molecule has 0 amide bonds. The summed E-state index contributed by atoms with van der Waals surface area (Å²) in [6, 6.07) is 0. The van der Waals surface area contributed by atoms with Crippen LogP contribution in [0.2, 0.25) is 0 Å². The predicted molar refractivity (Wildman–Crippen MR) is 83.5 cm³/mol. The van der Waals surface area contributed by atoms with Crippen LogP contribution < -0.4 is 0 Å². The van der Waals surface area contributed by atoms with Crippen molar-refractivity contribution < 1.29 is 10.2 Å². The molecule has 2 rings (SSSR count). The predicted octanol–water partition coefficient (Wildman–Crippen LogP) is 4.21. The van der Waals surface area contributed by atoms with Crippen LogP contribution in [0.15, 0.2) is 11.1 Å². The van der Waals surface area contributed by atoms with Gasteiger partial charge < -0.3 is 10.2 Å². The third-order valence-electron chi connectivity index (χ3n) is 5.73. The lowest BCUT2D eigenvalue weighted by atomic mass is 9.65. The van der Waals surface area contributed by atoms with Gasteiger partial charge in [0.05, 0.1) is 11.7 Å². The average molecular weight is 280 g/mol. The molecule has 20 heavy (non-hydrogen) atoms. The second-order valence-electron chi connectivity index (χ2n) is 7.95. The van der Waals surface area contributed by atoms with Crippen LogP contribution in [0.25, 0.3) is 0 Å². The zero-order chi connectivity index (χ0) is 15.0. The van der Waals surface area contributed by atoms with Gasteiger partial charge in [-0.3, -0.25) is 0 Å². The fourth-order valence-corrected chi connectivity index (χ4v) is 4.60. The molecular weight excluding hydrogens is 248 g/mol. The van der Waals surface area contributed by atoms with Crippen molar-refractivity contribution in [1.29, 1.82) is 0 Å². The first-order chi connectivity index (χ1) is 9.24. The quantitative estimate of drug-likeness (QED) is 0.757. The van der Waals surface area contributed by atoms with E-state index in [1.807, 2.05) is 13.8 Å². The third kappa shape index (κ3) is 3.28. The first kappa shape index (κ1) is 16.0. The number of fused-ring (bicyclic) bond motifs is 1. The van der Waals surface area contributed by atoms with Gasteiger partial charge in [-0.25, -0.2) is 0 Å². The van der Waals surface area contributed by atoms with Gasteiger partial charge in [-0.05, 0) is 83.5 Å². The highest BCUT2D eigenvalue weighted by molar-refractivity contribution is 5.27. The highest BCUT2D eigenvalue weighted by Crippen LogP contribution is 2.56. The Morgan fingerprint density at radius 3 is 2.70 bits per heavy atom. The molecule has 0 heterocycles. The SMILES string of the molecule is C/C(CCCC(C)(C)O)=C1/CCC2C(O)CCCC12C. The van der Waals surface area contributed by atoms with E-state index in [0.29, 0.717) is 5.92 Å². The van der Waals surface area contributed by atoms with E-state index in [-0.39, 0.29) is 11.5 Å². The van der Waals surface area contributed by atoms with E-state index >= 15 is 0 Å². The minimum Gasteiger partial charge on any atom is -0.393 e. The van der Waals surface area contributed by atoms with Crippen molar-refractivity contribution in [3.63, 3.8) is 0 Å². The highest BCUT2D eigenvalue weighted by Gasteiger charge is 2.48. The Bertz CT molecular complexity index is 377. The smallest absolute Gasteiger partial charge is 0.0591 e. The van der Waals surface area contributed by atoms with Crippen molar-refractivity contribution >= 4 is 0 Å². The Hall–Kier alpha value is -0.340. The third-order valence-corrected chi connectivity index (χ3v) is 5.73. The monoisotopic (exact) mass is 280 g/mol. The molecule has 2 heteroatoms. The molecule has 0 aliphatic heterocycles. The van der Waals surface area contributed by atoms with E-state index in [4.69, 9.17) is 0 Å². The summed E-state index contributed by atoms with van der Waals surface area (Å²) in [6.45, 7) is 8.43. The van der Waals surface area contributed by atoms with E-state index in [0.717, 1.165) is 38.5 Å². The van der Waals surface area contributed by atoms with Crippen LogP contribution in [0.1, 0.15) is 79.1 Å². The second kappa shape index (κ2) is 5.81. The largest absolute Gasteiger partial charge is 0.393 e. The van der Waals surface area contributed by atoms with Gasteiger partial charge in [0.2, 0.25) is 0 Å². The van der Waals surface area contributed by atoms with E-state index in [2.05, 4.69) is 13.8 Å². The number of aliphatic hydroxyl groups excluding tert-OH is 1. The first-order valence-electron chi connectivity index (χ1n) is 8.33. The van der Waals surface area contributed by atoms with Gasteiger partial charge >= 0.3 is 0 Å². The summed E-state index contributed by atoms with van der Waals surface area (Å²) < 4.78 is 0. The fraction of sp³-hybridized carbons (Fsp3) is 0.889. The minimum atomic E-state index is -0.548. The Morgan fingerprint density at radius 1 is 1.35 bits per heavy atom. The molecule has 2 aliphatic rings. The van der Waals surface area contributed by atoms with E-state index in [9.17, 15) is 10.2 Å². The summed E-state index contributed by atoms with van der Waals surface area (Å²) in [5.41, 5.74) is 2.84.